The summed E-state index contributed by atoms with van der Waals surface area (Å²) in [6.07, 6.45) is 3.83. The summed E-state index contributed by atoms with van der Waals surface area (Å²) in [5, 5.41) is 3.01. The lowest BCUT2D eigenvalue weighted by Gasteiger charge is -2.08. The first-order valence-corrected chi connectivity index (χ1v) is 4.56. The van der Waals surface area contributed by atoms with Gasteiger partial charge in [-0.3, -0.25) is 4.79 Å². The number of ketones is 1. The smallest absolute Gasteiger partial charge is 0.149 e. The van der Waals surface area contributed by atoms with E-state index < -0.39 is 0 Å². The molecule has 0 aliphatic carbocycles. The van der Waals surface area contributed by atoms with Gasteiger partial charge >= 0.3 is 0 Å². The Morgan fingerprint density at radius 1 is 1.67 bits per heavy atom. The van der Waals surface area contributed by atoms with Crippen LogP contribution in [0.25, 0.3) is 0 Å². The van der Waals surface area contributed by atoms with Gasteiger partial charge in [-0.1, -0.05) is 26.3 Å². The lowest BCUT2D eigenvalue weighted by Crippen LogP contribution is -2.27. The van der Waals surface area contributed by atoms with E-state index in [0.717, 1.165) is 12.8 Å². The highest BCUT2D eigenvalue weighted by molar-refractivity contribution is 5.82. The fourth-order valence-electron chi connectivity index (χ4n) is 1.07. The van der Waals surface area contributed by atoms with E-state index in [0.29, 0.717) is 18.9 Å². The van der Waals surface area contributed by atoms with Crippen LogP contribution >= 0.6 is 0 Å². The van der Waals surface area contributed by atoms with E-state index in [-0.39, 0.29) is 5.92 Å². The fraction of sp³-hybridized carbons (Fsp3) is 0.700. The molecule has 1 atom stereocenters. The van der Waals surface area contributed by atoms with E-state index in [1.54, 1.807) is 6.08 Å². The average molecular weight is 169 g/mol. The fourth-order valence-corrected chi connectivity index (χ4v) is 1.07. The molecule has 0 spiro atoms. The molecule has 0 aromatic carbocycles. The summed E-state index contributed by atoms with van der Waals surface area (Å²) in [5.41, 5.74) is 0. The van der Waals surface area contributed by atoms with Crippen molar-refractivity contribution in [2.75, 3.05) is 13.1 Å². The number of hydrogen-bond acceptors (Lipinski definition) is 2. The van der Waals surface area contributed by atoms with Crippen LogP contribution in [0.15, 0.2) is 12.7 Å². The summed E-state index contributed by atoms with van der Waals surface area (Å²) >= 11 is 0. The molecule has 1 N–H and O–H groups in total. The average Bonchev–Trinajstić information content (AvgIpc) is 2.05. The third-order valence-corrected chi connectivity index (χ3v) is 1.86. The molecular formula is C10H19NO. The molecule has 0 rings (SSSR count). The summed E-state index contributed by atoms with van der Waals surface area (Å²) < 4.78 is 0. The van der Waals surface area contributed by atoms with E-state index >= 15 is 0 Å². The van der Waals surface area contributed by atoms with Crippen LogP contribution in [-0.2, 0) is 4.79 Å². The van der Waals surface area contributed by atoms with E-state index in [4.69, 9.17) is 0 Å². The Balaban J connectivity index is 3.49. The van der Waals surface area contributed by atoms with Crippen molar-refractivity contribution in [1.82, 2.24) is 5.32 Å². The summed E-state index contributed by atoms with van der Waals surface area (Å²) in [6, 6.07) is 0. The molecule has 0 saturated heterocycles. The second-order valence-electron chi connectivity index (χ2n) is 3.08. The largest absolute Gasteiger partial charge is 0.307 e. The van der Waals surface area contributed by atoms with Gasteiger partial charge in [-0.05, 0) is 6.42 Å². The summed E-state index contributed by atoms with van der Waals surface area (Å²) in [5.74, 6) is 0.506. The van der Waals surface area contributed by atoms with E-state index in [1.165, 1.54) is 0 Å². The highest BCUT2D eigenvalue weighted by Crippen LogP contribution is 2.04. The molecule has 0 bridgehead atoms. The monoisotopic (exact) mass is 169 g/mol. The number of carbonyl (C=O) groups is 1. The Hall–Kier alpha value is -0.630. The van der Waals surface area contributed by atoms with Crippen molar-refractivity contribution in [2.24, 2.45) is 5.92 Å². The Morgan fingerprint density at radius 3 is 2.83 bits per heavy atom. The van der Waals surface area contributed by atoms with E-state index in [9.17, 15) is 4.79 Å². The van der Waals surface area contributed by atoms with Crippen molar-refractivity contribution >= 4 is 5.78 Å². The van der Waals surface area contributed by atoms with Crippen LogP contribution in [0.2, 0.25) is 0 Å². The zero-order valence-electron chi connectivity index (χ0n) is 8.10. The minimum absolute atomic E-state index is 0.201. The molecule has 1 unspecified atom stereocenters. The molecule has 2 heteroatoms. The number of nitrogens with one attached hydrogen (secondary N) is 1. The molecule has 2 nitrogen and oxygen atoms in total. The van der Waals surface area contributed by atoms with Gasteiger partial charge in [0.15, 0.2) is 0 Å². The van der Waals surface area contributed by atoms with Crippen molar-refractivity contribution in [3.63, 3.8) is 0 Å². The van der Waals surface area contributed by atoms with Crippen LogP contribution in [-0.4, -0.2) is 18.9 Å². The molecule has 0 amide bonds. The first kappa shape index (κ1) is 11.4. The second-order valence-corrected chi connectivity index (χ2v) is 3.08. The topological polar surface area (TPSA) is 29.1 Å². The van der Waals surface area contributed by atoms with Crippen molar-refractivity contribution < 1.29 is 4.79 Å². The zero-order chi connectivity index (χ0) is 9.40. The quantitative estimate of drug-likeness (QED) is 0.465. The van der Waals surface area contributed by atoms with Gasteiger partial charge in [-0.15, -0.1) is 6.58 Å². The molecule has 70 valence electrons. The second kappa shape index (κ2) is 7.04. The molecule has 12 heavy (non-hydrogen) atoms. The summed E-state index contributed by atoms with van der Waals surface area (Å²) in [6.45, 7) is 8.84. The van der Waals surface area contributed by atoms with Crippen molar-refractivity contribution in [3.8, 4) is 0 Å². The minimum Gasteiger partial charge on any atom is -0.307 e. The molecule has 0 heterocycles. The number of carbonyl (C=O) groups excluding carboxylic acids is 1. The van der Waals surface area contributed by atoms with Crippen LogP contribution < -0.4 is 5.32 Å². The highest BCUT2D eigenvalue weighted by Gasteiger charge is 2.09. The van der Waals surface area contributed by atoms with Gasteiger partial charge in [-0.2, -0.15) is 0 Å². The van der Waals surface area contributed by atoms with Gasteiger partial charge in [-0.25, -0.2) is 0 Å². The van der Waals surface area contributed by atoms with Crippen LogP contribution in [0.1, 0.15) is 26.7 Å². The molecule has 0 saturated carbocycles. The lowest BCUT2D eigenvalue weighted by molar-refractivity contribution is -0.121. The van der Waals surface area contributed by atoms with E-state index in [1.807, 2.05) is 6.92 Å². The van der Waals surface area contributed by atoms with Crippen LogP contribution in [0.3, 0.4) is 0 Å². The third kappa shape index (κ3) is 5.08. The maximum Gasteiger partial charge on any atom is 0.149 e. The number of rotatable bonds is 7. The lowest BCUT2D eigenvalue weighted by atomic mass is 10.0. The zero-order valence-corrected chi connectivity index (χ0v) is 8.10. The van der Waals surface area contributed by atoms with E-state index in [2.05, 4.69) is 18.8 Å². The van der Waals surface area contributed by atoms with Gasteiger partial charge in [0.05, 0.1) is 6.54 Å². The van der Waals surface area contributed by atoms with Crippen molar-refractivity contribution in [1.29, 1.82) is 0 Å². The van der Waals surface area contributed by atoms with Crippen molar-refractivity contribution in [3.05, 3.63) is 12.7 Å². The molecule has 0 aromatic rings. The van der Waals surface area contributed by atoms with Gasteiger partial charge in [0.2, 0.25) is 0 Å². The first-order chi connectivity index (χ1) is 5.72. The summed E-state index contributed by atoms with van der Waals surface area (Å²) in [4.78, 5) is 11.3. The van der Waals surface area contributed by atoms with Crippen LogP contribution in [0.4, 0.5) is 0 Å². The van der Waals surface area contributed by atoms with Crippen molar-refractivity contribution in [2.45, 2.75) is 26.7 Å². The van der Waals surface area contributed by atoms with Gasteiger partial charge in [0, 0.05) is 12.5 Å². The van der Waals surface area contributed by atoms with Crippen LogP contribution in [0, 0.1) is 5.92 Å². The Labute approximate surface area is 75.0 Å². The van der Waals surface area contributed by atoms with Crippen LogP contribution in [0.5, 0.6) is 0 Å². The van der Waals surface area contributed by atoms with Gasteiger partial charge in [0.1, 0.15) is 5.78 Å². The molecule has 0 aliphatic rings. The molecule has 0 aliphatic heterocycles. The number of hydrogen-bond donors (Lipinski definition) is 1. The predicted octanol–water partition coefficient (Wildman–Crippen LogP) is 1.77. The third-order valence-electron chi connectivity index (χ3n) is 1.86. The molecule has 0 fully saturated rings. The molecule has 0 radical (unpaired) electrons. The number of Topliss-reactive ketones (excluding diaryl/α,β-unsaturated/α-hetero) is 1. The SMILES string of the molecule is C=CCNCC(=O)C(C)CCC. The predicted molar refractivity (Wildman–Crippen MR) is 52.1 cm³/mol. The highest BCUT2D eigenvalue weighted by atomic mass is 16.1. The normalized spacial score (nSPS) is 12.5. The maximum absolute atomic E-state index is 11.3. The standard InChI is InChI=1S/C10H19NO/c1-4-6-9(3)10(12)8-11-7-5-2/h5,9,11H,2,4,6-8H2,1,3H3. The summed E-state index contributed by atoms with van der Waals surface area (Å²) in [7, 11) is 0. The maximum atomic E-state index is 11.3. The van der Waals surface area contributed by atoms with Gasteiger partial charge in [0.25, 0.3) is 0 Å². The minimum atomic E-state index is 0.201. The Kier molecular flexibility index (Phi) is 6.67. The Morgan fingerprint density at radius 2 is 2.33 bits per heavy atom. The first-order valence-electron chi connectivity index (χ1n) is 4.56. The Bertz CT molecular complexity index is 143. The van der Waals surface area contributed by atoms with Gasteiger partial charge < -0.3 is 5.32 Å². The molecule has 0 aromatic heterocycles. The molecular weight excluding hydrogens is 150 g/mol.